The molecule has 8 nitrogen and oxygen atoms in total. The van der Waals surface area contributed by atoms with E-state index in [9.17, 15) is 14.9 Å². The summed E-state index contributed by atoms with van der Waals surface area (Å²) in [4.78, 5) is 29.3. The Morgan fingerprint density at radius 2 is 2.00 bits per heavy atom. The van der Waals surface area contributed by atoms with Gasteiger partial charge in [-0.2, -0.15) is 10.4 Å². The topological polar surface area (TPSA) is 113 Å². The van der Waals surface area contributed by atoms with Crippen LogP contribution in [0.15, 0.2) is 36.8 Å². The predicted octanol–water partition coefficient (Wildman–Crippen LogP) is 3.16. The first-order chi connectivity index (χ1) is 16.0. The highest BCUT2D eigenvalue weighted by atomic mass is 16.2. The number of amides is 2. The number of anilines is 1. The molecule has 2 N–H and O–H groups in total. The minimum Gasteiger partial charge on any atom is -0.355 e. The average molecular weight is 438 g/mol. The van der Waals surface area contributed by atoms with Crippen molar-refractivity contribution in [2.24, 2.45) is 13.0 Å². The molecule has 2 aliphatic rings. The zero-order chi connectivity index (χ0) is 23.1. The summed E-state index contributed by atoms with van der Waals surface area (Å²) in [6.45, 7) is 0. The third-order valence-electron chi connectivity index (χ3n) is 6.11. The standard InChI is InChI=1S/C25H22N6O2/c1-27-25(33)22-12-28-23(30-24(32)14-6-7-14)20-9-15(8-19(20)22)17-4-3-5-18(21(17)10-26)16-11-29-31(2)13-16/h3-5,8,11-14H,6-7,9H2,1-2H3,(H,27,33)(H,28,30,32). The zero-order valence-electron chi connectivity index (χ0n) is 18.3. The van der Waals surface area contributed by atoms with Crippen molar-refractivity contribution in [1.82, 2.24) is 20.1 Å². The van der Waals surface area contributed by atoms with E-state index in [1.807, 2.05) is 37.5 Å². The number of carbonyl (C=O) groups excluding carboxylic acids is 2. The Morgan fingerprint density at radius 1 is 1.21 bits per heavy atom. The first kappa shape index (κ1) is 20.6. The SMILES string of the molecule is CNC(=O)c1cnc(NC(=O)C2CC2)c2c1C=C(c1cccc(-c3cnn(C)c3)c1C#N)C2. The van der Waals surface area contributed by atoms with E-state index in [-0.39, 0.29) is 17.7 Å². The summed E-state index contributed by atoms with van der Waals surface area (Å²) >= 11 is 0. The van der Waals surface area contributed by atoms with E-state index in [4.69, 9.17) is 0 Å². The second-order valence-corrected chi connectivity index (χ2v) is 8.34. The van der Waals surface area contributed by atoms with Crippen molar-refractivity contribution in [1.29, 1.82) is 5.26 Å². The molecule has 0 saturated heterocycles. The highest BCUT2D eigenvalue weighted by molar-refractivity contribution is 6.05. The second-order valence-electron chi connectivity index (χ2n) is 8.34. The molecule has 0 radical (unpaired) electrons. The number of allylic oxidation sites excluding steroid dienone is 1. The Kier molecular flexibility index (Phi) is 5.02. The summed E-state index contributed by atoms with van der Waals surface area (Å²) < 4.78 is 1.70. The lowest BCUT2D eigenvalue weighted by atomic mass is 9.93. The summed E-state index contributed by atoms with van der Waals surface area (Å²) in [5, 5.41) is 19.8. The van der Waals surface area contributed by atoms with Crippen molar-refractivity contribution in [3.05, 3.63) is 64.6 Å². The largest absolute Gasteiger partial charge is 0.355 e. The Balaban J connectivity index is 1.59. The Hall–Kier alpha value is -4.25. The number of rotatable bonds is 5. The fourth-order valence-corrected chi connectivity index (χ4v) is 4.23. The van der Waals surface area contributed by atoms with Crippen LogP contribution in [0.3, 0.4) is 0 Å². The van der Waals surface area contributed by atoms with Gasteiger partial charge in [-0.25, -0.2) is 4.98 Å². The molecule has 0 unspecified atom stereocenters. The van der Waals surface area contributed by atoms with Gasteiger partial charge in [-0.15, -0.1) is 0 Å². The molecular weight excluding hydrogens is 416 g/mol. The molecule has 0 atom stereocenters. The first-order valence-corrected chi connectivity index (χ1v) is 10.8. The maximum atomic E-state index is 12.5. The fraction of sp³-hybridized carbons (Fsp3) is 0.240. The van der Waals surface area contributed by atoms with E-state index in [0.717, 1.165) is 46.2 Å². The molecule has 0 spiro atoms. The first-order valence-electron chi connectivity index (χ1n) is 10.8. The van der Waals surface area contributed by atoms with Crippen LogP contribution in [0.2, 0.25) is 0 Å². The lowest BCUT2D eigenvalue weighted by Crippen LogP contribution is -2.21. The molecule has 0 aliphatic heterocycles. The van der Waals surface area contributed by atoms with Crippen molar-refractivity contribution in [2.75, 3.05) is 12.4 Å². The highest BCUT2D eigenvalue weighted by Crippen LogP contribution is 2.40. The van der Waals surface area contributed by atoms with E-state index >= 15 is 0 Å². The summed E-state index contributed by atoms with van der Waals surface area (Å²) in [6.07, 6.45) is 9.27. The molecule has 1 fully saturated rings. The molecule has 2 aliphatic carbocycles. The molecule has 164 valence electrons. The molecule has 2 amide bonds. The van der Waals surface area contributed by atoms with Gasteiger partial charge in [0.1, 0.15) is 11.9 Å². The van der Waals surface area contributed by atoms with Gasteiger partial charge < -0.3 is 10.6 Å². The number of fused-ring (bicyclic) bond motifs is 1. The minimum atomic E-state index is -0.249. The summed E-state index contributed by atoms with van der Waals surface area (Å²) in [7, 11) is 3.41. The van der Waals surface area contributed by atoms with Crippen molar-refractivity contribution in [3.8, 4) is 17.2 Å². The van der Waals surface area contributed by atoms with Crippen molar-refractivity contribution in [3.63, 3.8) is 0 Å². The maximum Gasteiger partial charge on any atom is 0.253 e. The molecule has 0 bridgehead atoms. The fourth-order valence-electron chi connectivity index (χ4n) is 4.23. The Labute approximate surface area is 191 Å². The van der Waals surface area contributed by atoms with E-state index in [1.54, 1.807) is 17.9 Å². The molecule has 1 aromatic carbocycles. The maximum absolute atomic E-state index is 12.5. The summed E-state index contributed by atoms with van der Waals surface area (Å²) in [6, 6.07) is 8.08. The third kappa shape index (κ3) is 3.68. The predicted molar refractivity (Wildman–Crippen MR) is 124 cm³/mol. The van der Waals surface area contributed by atoms with Gasteiger partial charge in [0.2, 0.25) is 5.91 Å². The quantitative estimate of drug-likeness (QED) is 0.635. The van der Waals surface area contributed by atoms with Gasteiger partial charge >= 0.3 is 0 Å². The smallest absolute Gasteiger partial charge is 0.253 e. The number of hydrogen-bond acceptors (Lipinski definition) is 5. The number of aromatic nitrogens is 3. The number of nitrogens with zero attached hydrogens (tertiary/aromatic N) is 4. The molecule has 1 saturated carbocycles. The van der Waals surface area contributed by atoms with Crippen LogP contribution in [-0.4, -0.2) is 33.6 Å². The lowest BCUT2D eigenvalue weighted by Gasteiger charge is -2.12. The Bertz CT molecular complexity index is 1370. The van der Waals surface area contributed by atoms with Crippen LogP contribution in [0.25, 0.3) is 22.8 Å². The van der Waals surface area contributed by atoms with Crippen LogP contribution >= 0.6 is 0 Å². The molecular formula is C25H22N6O2. The van der Waals surface area contributed by atoms with E-state index in [1.165, 1.54) is 6.20 Å². The van der Waals surface area contributed by atoms with Gasteiger partial charge in [-0.3, -0.25) is 14.3 Å². The van der Waals surface area contributed by atoms with Crippen LogP contribution in [0, 0.1) is 17.2 Å². The van der Waals surface area contributed by atoms with Gasteiger partial charge in [0, 0.05) is 55.5 Å². The van der Waals surface area contributed by atoms with Crippen molar-refractivity contribution < 1.29 is 9.59 Å². The molecule has 8 heteroatoms. The normalized spacial score (nSPS) is 14.3. The number of aryl methyl sites for hydroxylation is 1. The molecule has 5 rings (SSSR count). The van der Waals surface area contributed by atoms with Crippen LogP contribution in [0.1, 0.15) is 45.5 Å². The second kappa shape index (κ2) is 8.02. The van der Waals surface area contributed by atoms with Gasteiger partial charge in [-0.1, -0.05) is 18.2 Å². The van der Waals surface area contributed by atoms with Crippen LogP contribution < -0.4 is 10.6 Å². The number of nitrogens with one attached hydrogen (secondary N) is 2. The molecule has 2 heterocycles. The number of benzene rings is 1. The minimum absolute atomic E-state index is 0.0382. The van der Waals surface area contributed by atoms with Crippen molar-refractivity contribution >= 4 is 29.3 Å². The van der Waals surface area contributed by atoms with Gasteiger partial charge in [0.05, 0.1) is 17.3 Å². The monoisotopic (exact) mass is 438 g/mol. The number of hydrogen-bond donors (Lipinski definition) is 2. The molecule has 2 aromatic heterocycles. The average Bonchev–Trinajstić information content (AvgIpc) is 3.44. The highest BCUT2D eigenvalue weighted by Gasteiger charge is 2.32. The van der Waals surface area contributed by atoms with Crippen LogP contribution in [0.4, 0.5) is 5.82 Å². The van der Waals surface area contributed by atoms with Gasteiger partial charge in [-0.05, 0) is 35.6 Å². The lowest BCUT2D eigenvalue weighted by molar-refractivity contribution is -0.117. The number of nitriles is 1. The number of carbonyl (C=O) groups is 2. The third-order valence-corrected chi connectivity index (χ3v) is 6.11. The van der Waals surface area contributed by atoms with E-state index in [2.05, 4.69) is 26.8 Å². The van der Waals surface area contributed by atoms with Crippen LogP contribution in [-0.2, 0) is 18.3 Å². The molecule has 33 heavy (non-hydrogen) atoms. The van der Waals surface area contributed by atoms with E-state index in [0.29, 0.717) is 23.4 Å². The summed E-state index contributed by atoms with van der Waals surface area (Å²) in [5.41, 5.74) is 5.84. The number of pyridine rings is 1. The Morgan fingerprint density at radius 3 is 2.67 bits per heavy atom. The van der Waals surface area contributed by atoms with Gasteiger partial charge in [0.25, 0.3) is 5.91 Å². The summed E-state index contributed by atoms with van der Waals surface area (Å²) in [5.74, 6) is 0.224. The van der Waals surface area contributed by atoms with Crippen LogP contribution in [0.5, 0.6) is 0 Å². The molecule has 3 aromatic rings. The van der Waals surface area contributed by atoms with E-state index < -0.39 is 0 Å². The van der Waals surface area contributed by atoms with Gasteiger partial charge in [0.15, 0.2) is 0 Å². The zero-order valence-corrected chi connectivity index (χ0v) is 18.3. The van der Waals surface area contributed by atoms with Crippen molar-refractivity contribution in [2.45, 2.75) is 19.3 Å².